The zero-order chi connectivity index (χ0) is 13.0. The molecule has 0 aliphatic carbocycles. The molecule has 0 amide bonds. The van der Waals surface area contributed by atoms with E-state index in [2.05, 4.69) is 69.3 Å². The molecule has 0 saturated carbocycles. The van der Waals surface area contributed by atoms with E-state index >= 15 is 0 Å². The molecule has 0 aliphatic rings. The molecule has 92 valence electrons. The third-order valence-electron chi connectivity index (χ3n) is 2.54. The van der Waals surface area contributed by atoms with E-state index in [-0.39, 0.29) is 5.54 Å². The summed E-state index contributed by atoms with van der Waals surface area (Å²) >= 11 is 0. The van der Waals surface area contributed by atoms with Gasteiger partial charge in [-0.1, -0.05) is 60.7 Å². The molecule has 2 aromatic carbocycles. The molecule has 2 aromatic rings. The smallest absolute Gasteiger partial charge is 0.0725 e. The predicted octanol–water partition coefficient (Wildman–Crippen LogP) is 4.32. The molecule has 1 nitrogen and oxygen atoms in total. The predicted molar refractivity (Wildman–Crippen MR) is 78.3 cm³/mol. The Hall–Kier alpha value is -1.89. The monoisotopic (exact) mass is 237 g/mol. The van der Waals surface area contributed by atoms with Crippen LogP contribution in [0.2, 0.25) is 0 Å². The molecule has 0 unspecified atom stereocenters. The summed E-state index contributed by atoms with van der Waals surface area (Å²) < 4.78 is 0. The summed E-state index contributed by atoms with van der Waals surface area (Å²) in [5.41, 5.74) is 3.31. The van der Waals surface area contributed by atoms with E-state index in [0.29, 0.717) is 0 Å². The van der Waals surface area contributed by atoms with Gasteiger partial charge in [-0.25, -0.2) is 0 Å². The average molecular weight is 237 g/mol. The van der Waals surface area contributed by atoms with Crippen molar-refractivity contribution in [3.05, 3.63) is 71.8 Å². The lowest BCUT2D eigenvalue weighted by atomic mass is 10.0. The fourth-order valence-corrected chi connectivity index (χ4v) is 1.82. The molecule has 0 fully saturated rings. The summed E-state index contributed by atoms with van der Waals surface area (Å²) in [6, 6.07) is 20.7. The lowest BCUT2D eigenvalue weighted by Crippen LogP contribution is -2.15. The quantitative estimate of drug-likeness (QED) is 0.690. The maximum atomic E-state index is 4.87. The molecular formula is C17H19N. The van der Waals surface area contributed by atoms with Crippen LogP contribution in [0.4, 0.5) is 0 Å². The number of benzene rings is 2. The summed E-state index contributed by atoms with van der Waals surface area (Å²) in [7, 11) is 0. The minimum absolute atomic E-state index is 0.0823. The maximum absolute atomic E-state index is 4.87. The Morgan fingerprint density at radius 3 is 1.44 bits per heavy atom. The van der Waals surface area contributed by atoms with E-state index in [1.807, 2.05) is 12.1 Å². The lowest BCUT2D eigenvalue weighted by Gasteiger charge is -2.16. The third kappa shape index (κ3) is 3.30. The second-order valence-electron chi connectivity index (χ2n) is 5.36. The first kappa shape index (κ1) is 12.6. The van der Waals surface area contributed by atoms with Gasteiger partial charge in [0, 0.05) is 11.1 Å². The van der Waals surface area contributed by atoms with Gasteiger partial charge in [0.25, 0.3) is 0 Å². The first-order chi connectivity index (χ1) is 8.56. The first-order valence-corrected chi connectivity index (χ1v) is 6.27. The molecule has 0 atom stereocenters. The van der Waals surface area contributed by atoms with Crippen molar-refractivity contribution in [2.45, 2.75) is 26.3 Å². The topological polar surface area (TPSA) is 12.4 Å². The Morgan fingerprint density at radius 1 is 0.722 bits per heavy atom. The Bertz CT molecular complexity index is 477. The van der Waals surface area contributed by atoms with E-state index in [1.54, 1.807) is 0 Å². The fraction of sp³-hybridized carbons (Fsp3) is 0.235. The molecule has 2 rings (SSSR count). The summed E-state index contributed by atoms with van der Waals surface area (Å²) in [4.78, 5) is 4.87. The van der Waals surface area contributed by atoms with Crippen molar-refractivity contribution in [2.24, 2.45) is 4.99 Å². The number of rotatable bonds is 2. The van der Waals surface area contributed by atoms with E-state index in [9.17, 15) is 0 Å². The zero-order valence-electron chi connectivity index (χ0n) is 11.2. The first-order valence-electron chi connectivity index (χ1n) is 6.27. The Labute approximate surface area is 109 Å². The summed E-state index contributed by atoms with van der Waals surface area (Å²) in [6.45, 7) is 6.37. The van der Waals surface area contributed by atoms with Gasteiger partial charge in [0.15, 0.2) is 0 Å². The molecule has 18 heavy (non-hydrogen) atoms. The van der Waals surface area contributed by atoms with Crippen LogP contribution in [0.1, 0.15) is 31.9 Å². The van der Waals surface area contributed by atoms with Crippen LogP contribution in [0.5, 0.6) is 0 Å². The van der Waals surface area contributed by atoms with E-state index in [0.717, 1.165) is 5.71 Å². The van der Waals surface area contributed by atoms with Crippen molar-refractivity contribution in [3.63, 3.8) is 0 Å². The molecule has 0 spiro atoms. The van der Waals surface area contributed by atoms with Crippen molar-refractivity contribution in [3.8, 4) is 0 Å². The van der Waals surface area contributed by atoms with Crippen molar-refractivity contribution >= 4 is 5.71 Å². The van der Waals surface area contributed by atoms with Crippen molar-refractivity contribution in [1.29, 1.82) is 0 Å². The molecule has 0 saturated heterocycles. The van der Waals surface area contributed by atoms with Gasteiger partial charge < -0.3 is 0 Å². The van der Waals surface area contributed by atoms with Crippen LogP contribution in [0.15, 0.2) is 65.7 Å². The van der Waals surface area contributed by atoms with Gasteiger partial charge in [-0.3, -0.25) is 4.99 Å². The highest BCUT2D eigenvalue weighted by molar-refractivity contribution is 6.13. The van der Waals surface area contributed by atoms with Crippen molar-refractivity contribution in [2.75, 3.05) is 0 Å². The van der Waals surface area contributed by atoms with Gasteiger partial charge in [0.2, 0.25) is 0 Å². The van der Waals surface area contributed by atoms with Crippen LogP contribution < -0.4 is 0 Å². The standard InChI is InChI=1S/C17H19N/c1-17(2,3)18-16(14-10-6-4-7-11-14)15-12-8-5-9-13-15/h4-13H,1-3H3. The number of nitrogens with zero attached hydrogens (tertiary/aromatic N) is 1. The number of hydrogen-bond donors (Lipinski definition) is 0. The SMILES string of the molecule is CC(C)(C)N=C(c1ccccc1)c1ccccc1. The molecule has 1 heteroatoms. The summed E-state index contributed by atoms with van der Waals surface area (Å²) in [6.07, 6.45) is 0. The normalized spacial score (nSPS) is 11.1. The lowest BCUT2D eigenvalue weighted by molar-refractivity contribution is 0.584. The van der Waals surface area contributed by atoms with Crippen LogP contribution in [0.3, 0.4) is 0 Å². The van der Waals surface area contributed by atoms with Gasteiger partial charge >= 0.3 is 0 Å². The fourth-order valence-electron chi connectivity index (χ4n) is 1.82. The van der Waals surface area contributed by atoms with Crippen LogP contribution in [0.25, 0.3) is 0 Å². The Balaban J connectivity index is 2.53. The van der Waals surface area contributed by atoms with Gasteiger partial charge in [0.1, 0.15) is 0 Å². The van der Waals surface area contributed by atoms with Crippen LogP contribution >= 0.6 is 0 Å². The Kier molecular flexibility index (Phi) is 3.61. The molecule has 0 aliphatic heterocycles. The van der Waals surface area contributed by atoms with Crippen LogP contribution in [-0.4, -0.2) is 11.3 Å². The minimum Gasteiger partial charge on any atom is -0.278 e. The maximum Gasteiger partial charge on any atom is 0.0725 e. The second-order valence-corrected chi connectivity index (χ2v) is 5.36. The largest absolute Gasteiger partial charge is 0.278 e. The molecular weight excluding hydrogens is 218 g/mol. The number of aliphatic imine (C=N–C) groups is 1. The average Bonchev–Trinajstić information content (AvgIpc) is 2.37. The van der Waals surface area contributed by atoms with E-state index < -0.39 is 0 Å². The van der Waals surface area contributed by atoms with Crippen molar-refractivity contribution < 1.29 is 0 Å². The Morgan fingerprint density at radius 2 is 1.11 bits per heavy atom. The van der Waals surface area contributed by atoms with Gasteiger partial charge in [-0.05, 0) is 20.8 Å². The minimum atomic E-state index is -0.0823. The molecule has 0 N–H and O–H groups in total. The van der Waals surface area contributed by atoms with Crippen LogP contribution in [-0.2, 0) is 0 Å². The van der Waals surface area contributed by atoms with Gasteiger partial charge in [0.05, 0.1) is 11.3 Å². The number of hydrogen-bond acceptors (Lipinski definition) is 1. The highest BCUT2D eigenvalue weighted by Crippen LogP contribution is 2.16. The van der Waals surface area contributed by atoms with E-state index in [1.165, 1.54) is 11.1 Å². The molecule has 0 radical (unpaired) electrons. The summed E-state index contributed by atoms with van der Waals surface area (Å²) in [5.74, 6) is 0. The second kappa shape index (κ2) is 5.18. The van der Waals surface area contributed by atoms with E-state index in [4.69, 9.17) is 4.99 Å². The zero-order valence-corrected chi connectivity index (χ0v) is 11.2. The van der Waals surface area contributed by atoms with Gasteiger partial charge in [-0.2, -0.15) is 0 Å². The van der Waals surface area contributed by atoms with Crippen LogP contribution in [0, 0.1) is 0 Å². The highest BCUT2D eigenvalue weighted by atomic mass is 14.8. The highest BCUT2D eigenvalue weighted by Gasteiger charge is 2.12. The molecule has 0 heterocycles. The molecule has 0 aromatic heterocycles. The van der Waals surface area contributed by atoms with Gasteiger partial charge in [-0.15, -0.1) is 0 Å². The summed E-state index contributed by atoms with van der Waals surface area (Å²) in [5, 5.41) is 0. The third-order valence-corrected chi connectivity index (χ3v) is 2.54. The molecule has 0 bridgehead atoms. The van der Waals surface area contributed by atoms with Crippen molar-refractivity contribution in [1.82, 2.24) is 0 Å².